The molecule has 0 saturated heterocycles. The number of hydrogen-bond acceptors (Lipinski definition) is 5. The lowest BCUT2D eigenvalue weighted by Crippen LogP contribution is -2.24. The molecule has 2 heterocycles. The predicted octanol–water partition coefficient (Wildman–Crippen LogP) is 1.08. The number of sulfonamides is 1. The van der Waals surface area contributed by atoms with Gasteiger partial charge in [-0.25, -0.2) is 17.8 Å². The Kier molecular flexibility index (Phi) is 4.58. The number of aryl methyl sites for hydroxylation is 1. The molecule has 2 aromatic heterocycles. The van der Waals surface area contributed by atoms with E-state index in [0.717, 1.165) is 17.0 Å². The number of nitrogens with one attached hydrogen (secondary N) is 2. The maximum atomic E-state index is 12.2. The Labute approximate surface area is 124 Å². The Morgan fingerprint density at radius 3 is 2.90 bits per heavy atom. The zero-order valence-electron chi connectivity index (χ0n) is 11.0. The van der Waals surface area contributed by atoms with Crippen molar-refractivity contribution in [3.05, 3.63) is 35.1 Å². The molecule has 2 rings (SSSR count). The zero-order chi connectivity index (χ0) is 15.5. The van der Waals surface area contributed by atoms with Gasteiger partial charge in [0.1, 0.15) is 5.69 Å². The van der Waals surface area contributed by atoms with Crippen molar-refractivity contribution in [3.63, 3.8) is 0 Å². The molecular weight excluding hydrogens is 319 g/mol. The molecule has 2 aromatic rings. The summed E-state index contributed by atoms with van der Waals surface area (Å²) in [6.45, 7) is 0.325. The van der Waals surface area contributed by atoms with E-state index >= 15 is 0 Å². The molecule has 0 unspecified atom stereocenters. The molecular formula is C11H13FN4O3S2. The van der Waals surface area contributed by atoms with Gasteiger partial charge in [-0.05, 0) is 12.1 Å². The molecule has 0 atom stereocenters. The smallest absolute Gasteiger partial charge is 0.271 e. The molecule has 0 aliphatic carbocycles. The van der Waals surface area contributed by atoms with Gasteiger partial charge < -0.3 is 9.88 Å². The van der Waals surface area contributed by atoms with Crippen molar-refractivity contribution in [2.75, 3.05) is 10.7 Å². The molecule has 0 radical (unpaired) electrons. The number of anilines is 1. The SMILES string of the molecule is Cn1cccc1CNC(=O)c1csc(NS(=O)(=O)CF)n1. The molecule has 0 bridgehead atoms. The summed E-state index contributed by atoms with van der Waals surface area (Å²) in [4.78, 5) is 15.7. The average Bonchev–Trinajstić information content (AvgIpc) is 3.05. The van der Waals surface area contributed by atoms with Gasteiger partial charge in [-0.1, -0.05) is 0 Å². The predicted molar refractivity (Wildman–Crippen MR) is 77.2 cm³/mol. The van der Waals surface area contributed by atoms with E-state index in [9.17, 15) is 17.6 Å². The number of thiazole rings is 1. The molecule has 0 aliphatic heterocycles. The zero-order valence-corrected chi connectivity index (χ0v) is 12.7. The topological polar surface area (TPSA) is 93.1 Å². The van der Waals surface area contributed by atoms with Crippen molar-refractivity contribution in [1.82, 2.24) is 14.9 Å². The van der Waals surface area contributed by atoms with Crippen LogP contribution in [0.25, 0.3) is 0 Å². The Hall–Kier alpha value is -1.94. The maximum absolute atomic E-state index is 12.2. The molecule has 0 aliphatic rings. The van der Waals surface area contributed by atoms with Crippen LogP contribution in [-0.4, -0.2) is 29.9 Å². The van der Waals surface area contributed by atoms with E-state index in [1.807, 2.05) is 34.7 Å². The minimum atomic E-state index is -4.04. The van der Waals surface area contributed by atoms with E-state index in [0.29, 0.717) is 6.54 Å². The van der Waals surface area contributed by atoms with Crippen LogP contribution in [0, 0.1) is 0 Å². The van der Waals surface area contributed by atoms with E-state index in [-0.39, 0.29) is 10.8 Å². The molecule has 7 nitrogen and oxygen atoms in total. The number of rotatable bonds is 6. The molecule has 10 heteroatoms. The minimum absolute atomic E-state index is 0.0448. The van der Waals surface area contributed by atoms with Crippen LogP contribution in [0.5, 0.6) is 0 Å². The van der Waals surface area contributed by atoms with Gasteiger partial charge in [0, 0.05) is 24.3 Å². The monoisotopic (exact) mass is 332 g/mol. The Morgan fingerprint density at radius 1 is 1.52 bits per heavy atom. The molecule has 0 fully saturated rings. The van der Waals surface area contributed by atoms with Gasteiger partial charge in [0.25, 0.3) is 15.9 Å². The van der Waals surface area contributed by atoms with Crippen molar-refractivity contribution < 1.29 is 17.6 Å². The van der Waals surface area contributed by atoms with Gasteiger partial charge in [-0.15, -0.1) is 11.3 Å². The second kappa shape index (κ2) is 6.22. The van der Waals surface area contributed by atoms with E-state index in [2.05, 4.69) is 10.3 Å². The summed E-state index contributed by atoms with van der Waals surface area (Å²) >= 11 is 0.913. The number of alkyl halides is 1. The van der Waals surface area contributed by atoms with E-state index in [1.54, 1.807) is 0 Å². The summed E-state index contributed by atoms with van der Waals surface area (Å²) in [5.41, 5.74) is 0.989. The first kappa shape index (κ1) is 15.4. The standard InChI is InChI=1S/C11H13FN4O3S2/c1-16-4-2-3-8(16)5-13-10(17)9-6-20-11(14-9)15-21(18,19)7-12/h2-4,6H,5,7H2,1H3,(H,13,17)(H,14,15). The minimum Gasteiger partial charge on any atom is -0.353 e. The van der Waals surface area contributed by atoms with Crippen LogP contribution in [-0.2, 0) is 23.6 Å². The number of aromatic nitrogens is 2. The first-order chi connectivity index (χ1) is 9.91. The van der Waals surface area contributed by atoms with Gasteiger partial charge >= 0.3 is 0 Å². The molecule has 0 saturated carbocycles. The van der Waals surface area contributed by atoms with Gasteiger partial charge in [-0.3, -0.25) is 9.52 Å². The molecule has 1 amide bonds. The first-order valence-electron chi connectivity index (χ1n) is 5.81. The number of amides is 1. The summed E-state index contributed by atoms with van der Waals surface area (Å²) in [7, 11) is -2.19. The summed E-state index contributed by atoms with van der Waals surface area (Å²) in [5, 5.41) is 4.02. The highest BCUT2D eigenvalue weighted by Gasteiger charge is 2.15. The Balaban J connectivity index is 1.98. The molecule has 114 valence electrons. The number of carbonyl (C=O) groups excluding carboxylic acids is 1. The highest BCUT2D eigenvalue weighted by molar-refractivity contribution is 7.92. The van der Waals surface area contributed by atoms with E-state index in [1.165, 1.54) is 5.38 Å². The Morgan fingerprint density at radius 2 is 2.29 bits per heavy atom. The fraction of sp³-hybridized carbons (Fsp3) is 0.273. The summed E-state index contributed by atoms with van der Waals surface area (Å²) in [5.74, 6) is -0.432. The Bertz CT molecular complexity index is 738. The third kappa shape index (κ3) is 4.02. The van der Waals surface area contributed by atoms with Crippen LogP contribution in [0.15, 0.2) is 23.7 Å². The third-order valence-electron chi connectivity index (χ3n) is 2.60. The lowest BCUT2D eigenvalue weighted by atomic mass is 10.4. The lowest BCUT2D eigenvalue weighted by molar-refractivity contribution is 0.0946. The molecule has 0 aromatic carbocycles. The van der Waals surface area contributed by atoms with Crippen LogP contribution in [0.3, 0.4) is 0 Å². The third-order valence-corrected chi connectivity index (χ3v) is 4.28. The van der Waals surface area contributed by atoms with Crippen LogP contribution in [0.2, 0.25) is 0 Å². The normalized spacial score (nSPS) is 11.3. The molecule has 21 heavy (non-hydrogen) atoms. The van der Waals surface area contributed by atoms with Crippen molar-refractivity contribution in [1.29, 1.82) is 0 Å². The van der Waals surface area contributed by atoms with Gasteiger partial charge in [0.15, 0.2) is 5.13 Å². The second-order valence-electron chi connectivity index (χ2n) is 4.16. The van der Waals surface area contributed by atoms with Crippen molar-refractivity contribution in [2.24, 2.45) is 7.05 Å². The van der Waals surface area contributed by atoms with Gasteiger partial charge in [-0.2, -0.15) is 0 Å². The van der Waals surface area contributed by atoms with E-state index < -0.39 is 21.9 Å². The number of nitrogens with zero attached hydrogens (tertiary/aromatic N) is 2. The molecule has 0 spiro atoms. The van der Waals surface area contributed by atoms with Crippen LogP contribution in [0.1, 0.15) is 16.2 Å². The van der Waals surface area contributed by atoms with Crippen molar-refractivity contribution in [2.45, 2.75) is 6.54 Å². The summed E-state index contributed by atoms with van der Waals surface area (Å²) in [6, 6.07) is 2.18. The van der Waals surface area contributed by atoms with Gasteiger partial charge in [0.05, 0.1) is 6.54 Å². The average molecular weight is 332 g/mol. The number of halogens is 1. The number of hydrogen-bond donors (Lipinski definition) is 2. The van der Waals surface area contributed by atoms with Crippen LogP contribution in [0.4, 0.5) is 9.52 Å². The van der Waals surface area contributed by atoms with Crippen molar-refractivity contribution in [3.8, 4) is 0 Å². The van der Waals surface area contributed by atoms with Crippen LogP contribution < -0.4 is 10.0 Å². The molecule has 2 N–H and O–H groups in total. The fourth-order valence-electron chi connectivity index (χ4n) is 1.53. The summed E-state index contributed by atoms with van der Waals surface area (Å²) in [6.07, 6.45) is 1.86. The second-order valence-corrected chi connectivity index (χ2v) is 6.67. The summed E-state index contributed by atoms with van der Waals surface area (Å²) < 4.78 is 38.1. The van der Waals surface area contributed by atoms with Gasteiger partial charge in [0.2, 0.25) is 6.01 Å². The van der Waals surface area contributed by atoms with E-state index in [4.69, 9.17) is 0 Å². The highest BCUT2D eigenvalue weighted by atomic mass is 32.2. The number of carbonyl (C=O) groups is 1. The van der Waals surface area contributed by atoms with Crippen LogP contribution >= 0.6 is 11.3 Å². The lowest BCUT2D eigenvalue weighted by Gasteiger charge is -2.04. The first-order valence-corrected chi connectivity index (χ1v) is 8.35. The highest BCUT2D eigenvalue weighted by Crippen LogP contribution is 2.17. The maximum Gasteiger partial charge on any atom is 0.271 e. The quantitative estimate of drug-likeness (QED) is 0.828. The largest absolute Gasteiger partial charge is 0.353 e. The van der Waals surface area contributed by atoms with Crippen molar-refractivity contribution >= 4 is 32.4 Å². The fourth-order valence-corrected chi connectivity index (χ4v) is 3.00.